The summed E-state index contributed by atoms with van der Waals surface area (Å²) in [6.07, 6.45) is 2.24. The zero-order valence-electron chi connectivity index (χ0n) is 8.27. The Morgan fingerprint density at radius 2 is 2.20 bits per heavy atom. The Kier molecular flexibility index (Phi) is 4.32. The van der Waals surface area contributed by atoms with Crippen molar-refractivity contribution in [3.63, 3.8) is 0 Å². The van der Waals surface area contributed by atoms with Gasteiger partial charge in [-0.05, 0) is 19.3 Å². The van der Waals surface area contributed by atoms with Crippen molar-refractivity contribution in [2.45, 2.75) is 25.3 Å². The highest BCUT2D eigenvalue weighted by Gasteiger charge is 2.31. The smallest absolute Gasteiger partial charge is 0.324 e. The molecule has 0 amide bonds. The molecule has 1 saturated heterocycles. The summed E-state index contributed by atoms with van der Waals surface area (Å²) in [5, 5.41) is 1.30. The van der Waals surface area contributed by atoms with E-state index in [1.54, 1.807) is 0 Å². The first-order valence-corrected chi connectivity index (χ1v) is 6.81. The van der Waals surface area contributed by atoms with Gasteiger partial charge in [-0.1, -0.05) is 0 Å². The molecule has 0 saturated carbocycles. The molecule has 1 fully saturated rings. The van der Waals surface area contributed by atoms with Gasteiger partial charge in [-0.25, -0.2) is 5.01 Å². The van der Waals surface area contributed by atoms with Crippen molar-refractivity contribution < 1.29 is 17.9 Å². The van der Waals surface area contributed by atoms with Crippen LogP contribution in [0.3, 0.4) is 0 Å². The van der Waals surface area contributed by atoms with E-state index in [2.05, 4.69) is 9.57 Å². The van der Waals surface area contributed by atoms with Crippen molar-refractivity contribution in [1.82, 2.24) is 9.84 Å². The average molecular weight is 257 g/mol. The molecule has 0 radical (unpaired) electrons. The van der Waals surface area contributed by atoms with Crippen LogP contribution in [0, 0.1) is 0 Å². The Morgan fingerprint density at radius 1 is 1.53 bits per heavy atom. The van der Waals surface area contributed by atoms with Crippen molar-refractivity contribution in [2.75, 3.05) is 13.7 Å². The Labute approximate surface area is 93.0 Å². The molecule has 1 unspecified atom stereocenters. The van der Waals surface area contributed by atoms with E-state index < -0.39 is 21.2 Å². The molecule has 0 aromatic heterocycles. The maximum atomic E-state index is 11.3. The molecule has 0 aromatic carbocycles. The lowest BCUT2D eigenvalue weighted by Crippen LogP contribution is -2.53. The average Bonchev–Trinajstić information content (AvgIpc) is 2.15. The molecule has 0 spiro atoms. The third-order valence-electron chi connectivity index (χ3n) is 2.20. The summed E-state index contributed by atoms with van der Waals surface area (Å²) in [6, 6.07) is -0.586. The number of hydrogen-bond donors (Lipinski definition) is 1. The molecule has 0 bridgehead atoms. The number of esters is 1. The number of hydrogen-bond acceptors (Lipinski definition) is 5. The summed E-state index contributed by atoms with van der Waals surface area (Å²) in [5.41, 5.74) is 0. The Morgan fingerprint density at radius 3 is 2.73 bits per heavy atom. The molecule has 1 aliphatic heterocycles. The van der Waals surface area contributed by atoms with Gasteiger partial charge in [-0.15, -0.1) is 4.83 Å². The van der Waals surface area contributed by atoms with Crippen LogP contribution in [0.25, 0.3) is 0 Å². The fourth-order valence-electron chi connectivity index (χ4n) is 1.56. The molecule has 1 atom stereocenters. The number of halogens is 1. The number of rotatable bonds is 3. The molecular formula is C7H13ClN2O4S. The first kappa shape index (κ1) is 12.7. The van der Waals surface area contributed by atoms with Crippen LogP contribution in [0.15, 0.2) is 0 Å². The predicted octanol–water partition coefficient (Wildman–Crippen LogP) is 0.00210. The summed E-state index contributed by atoms with van der Waals surface area (Å²) in [5.74, 6) is -0.456. The number of nitrogens with one attached hydrogen (secondary N) is 1. The van der Waals surface area contributed by atoms with Gasteiger partial charge in [-0.2, -0.15) is 8.42 Å². The highest BCUT2D eigenvalue weighted by atomic mass is 35.7. The van der Waals surface area contributed by atoms with Crippen LogP contribution >= 0.6 is 10.7 Å². The lowest BCUT2D eigenvalue weighted by atomic mass is 10.0. The molecule has 88 valence electrons. The van der Waals surface area contributed by atoms with Gasteiger partial charge in [0.2, 0.25) is 0 Å². The van der Waals surface area contributed by atoms with Crippen molar-refractivity contribution in [2.24, 2.45) is 0 Å². The molecule has 15 heavy (non-hydrogen) atoms. The second-order valence-electron chi connectivity index (χ2n) is 3.26. The third kappa shape index (κ3) is 3.94. The maximum absolute atomic E-state index is 11.3. The van der Waals surface area contributed by atoms with Crippen molar-refractivity contribution in [3.05, 3.63) is 0 Å². The molecule has 1 heterocycles. The molecule has 6 nitrogen and oxygen atoms in total. The van der Waals surface area contributed by atoms with Crippen LogP contribution in [0.2, 0.25) is 0 Å². The zero-order valence-corrected chi connectivity index (χ0v) is 9.84. The first-order valence-electron chi connectivity index (χ1n) is 4.50. The SMILES string of the molecule is COC(=O)C1CCCCN1NS(=O)(=O)Cl. The van der Waals surface area contributed by atoms with E-state index in [9.17, 15) is 13.2 Å². The van der Waals surface area contributed by atoms with Crippen molar-refractivity contribution in [1.29, 1.82) is 0 Å². The molecule has 8 heteroatoms. The van der Waals surface area contributed by atoms with E-state index in [0.29, 0.717) is 13.0 Å². The monoisotopic (exact) mass is 256 g/mol. The van der Waals surface area contributed by atoms with Gasteiger partial charge in [0.25, 0.3) is 0 Å². The van der Waals surface area contributed by atoms with Crippen LogP contribution in [0.4, 0.5) is 0 Å². The Hall–Kier alpha value is -0.370. The van der Waals surface area contributed by atoms with Gasteiger partial charge in [0.05, 0.1) is 7.11 Å². The number of carbonyl (C=O) groups excluding carboxylic acids is 1. The molecule has 1 aliphatic rings. The molecule has 1 N–H and O–H groups in total. The van der Waals surface area contributed by atoms with E-state index in [1.165, 1.54) is 12.1 Å². The number of piperidine rings is 1. The minimum absolute atomic E-state index is 0.450. The standard InChI is InChI=1S/C7H13ClN2O4S/c1-14-7(11)6-4-2-3-5-10(6)9-15(8,12)13/h6,9H,2-5H2,1H3. The third-order valence-corrected chi connectivity index (χ3v) is 2.86. The second kappa shape index (κ2) is 5.11. The van der Waals surface area contributed by atoms with Crippen molar-refractivity contribution in [3.8, 4) is 0 Å². The van der Waals surface area contributed by atoms with Crippen LogP contribution in [0.1, 0.15) is 19.3 Å². The van der Waals surface area contributed by atoms with Gasteiger partial charge >= 0.3 is 15.2 Å². The van der Waals surface area contributed by atoms with Gasteiger partial charge in [0, 0.05) is 17.2 Å². The van der Waals surface area contributed by atoms with Crippen molar-refractivity contribution >= 4 is 25.9 Å². The number of hydrazine groups is 1. The molecule has 1 rings (SSSR count). The van der Waals surface area contributed by atoms with Crippen LogP contribution in [-0.4, -0.2) is 39.1 Å². The summed E-state index contributed by atoms with van der Waals surface area (Å²) in [4.78, 5) is 13.4. The van der Waals surface area contributed by atoms with E-state index >= 15 is 0 Å². The number of ether oxygens (including phenoxy) is 1. The Bertz CT molecular complexity index is 332. The molecule has 0 aliphatic carbocycles. The van der Waals surface area contributed by atoms with Crippen LogP contribution < -0.4 is 4.83 Å². The van der Waals surface area contributed by atoms with E-state index in [1.807, 2.05) is 0 Å². The summed E-state index contributed by atoms with van der Waals surface area (Å²) in [6.45, 7) is 0.450. The number of methoxy groups -OCH3 is 1. The first-order chi connectivity index (χ1) is 6.94. The van der Waals surface area contributed by atoms with Gasteiger partial charge in [-0.3, -0.25) is 4.79 Å². The highest BCUT2D eigenvalue weighted by Crippen LogP contribution is 2.16. The lowest BCUT2D eigenvalue weighted by molar-refractivity contribution is -0.149. The minimum atomic E-state index is -3.86. The van der Waals surface area contributed by atoms with Crippen LogP contribution in [-0.2, 0) is 18.8 Å². The van der Waals surface area contributed by atoms with E-state index in [-0.39, 0.29) is 0 Å². The molecular weight excluding hydrogens is 244 g/mol. The van der Waals surface area contributed by atoms with E-state index in [0.717, 1.165) is 12.8 Å². The summed E-state index contributed by atoms with van der Waals surface area (Å²) < 4.78 is 26.2. The highest BCUT2D eigenvalue weighted by molar-refractivity contribution is 8.12. The summed E-state index contributed by atoms with van der Waals surface area (Å²) >= 11 is 0. The van der Waals surface area contributed by atoms with Gasteiger partial charge in [0.1, 0.15) is 6.04 Å². The Balaban J connectivity index is 2.70. The molecule has 0 aromatic rings. The topological polar surface area (TPSA) is 75.7 Å². The second-order valence-corrected chi connectivity index (χ2v) is 5.53. The lowest BCUT2D eigenvalue weighted by Gasteiger charge is -2.32. The van der Waals surface area contributed by atoms with Gasteiger partial charge < -0.3 is 4.74 Å². The van der Waals surface area contributed by atoms with Crippen LogP contribution in [0.5, 0.6) is 0 Å². The minimum Gasteiger partial charge on any atom is -0.468 e. The number of nitrogens with zero attached hydrogens (tertiary/aromatic N) is 1. The normalized spacial score (nSPS) is 23.7. The zero-order chi connectivity index (χ0) is 11.5. The quantitative estimate of drug-likeness (QED) is 0.568. The number of carbonyl (C=O) groups is 1. The fraction of sp³-hybridized carbons (Fsp3) is 0.857. The predicted molar refractivity (Wildman–Crippen MR) is 54.3 cm³/mol. The fourth-order valence-corrected chi connectivity index (χ4v) is 2.33. The van der Waals surface area contributed by atoms with E-state index in [4.69, 9.17) is 10.7 Å². The maximum Gasteiger partial charge on any atom is 0.324 e. The van der Waals surface area contributed by atoms with Gasteiger partial charge in [0.15, 0.2) is 0 Å². The largest absolute Gasteiger partial charge is 0.468 e. The summed E-state index contributed by atoms with van der Waals surface area (Å²) in [7, 11) is 2.46.